The Bertz CT molecular complexity index is 479. The Labute approximate surface area is 98.2 Å². The van der Waals surface area contributed by atoms with Crippen LogP contribution >= 0.6 is 11.3 Å². The standard InChI is InChI=1S/C12H12N2OS/c1-9-8-16-12(14-9)7-11(15)6-10-4-2-3-5-13-10/h2-5,8H,6-7H2,1H3. The van der Waals surface area contributed by atoms with Crippen LogP contribution in [0.3, 0.4) is 0 Å². The van der Waals surface area contributed by atoms with E-state index in [-0.39, 0.29) is 5.78 Å². The quantitative estimate of drug-likeness (QED) is 0.811. The van der Waals surface area contributed by atoms with Crippen LogP contribution in [0.4, 0.5) is 0 Å². The first-order chi connectivity index (χ1) is 7.74. The second-order valence-corrected chi connectivity index (χ2v) is 4.54. The second kappa shape index (κ2) is 4.99. The maximum Gasteiger partial charge on any atom is 0.145 e. The first kappa shape index (κ1) is 11.0. The average Bonchev–Trinajstić information content (AvgIpc) is 2.65. The Kier molecular flexibility index (Phi) is 3.41. The molecule has 0 unspecified atom stereocenters. The maximum atomic E-state index is 11.7. The zero-order chi connectivity index (χ0) is 11.4. The van der Waals surface area contributed by atoms with Crippen LogP contribution < -0.4 is 0 Å². The summed E-state index contributed by atoms with van der Waals surface area (Å²) in [7, 11) is 0. The molecule has 2 heterocycles. The Morgan fingerprint density at radius 2 is 2.25 bits per heavy atom. The molecule has 0 amide bonds. The minimum Gasteiger partial charge on any atom is -0.299 e. The molecule has 0 saturated heterocycles. The van der Waals surface area contributed by atoms with Crippen molar-refractivity contribution in [1.29, 1.82) is 0 Å². The van der Waals surface area contributed by atoms with Crippen molar-refractivity contribution in [1.82, 2.24) is 9.97 Å². The van der Waals surface area contributed by atoms with E-state index in [1.165, 1.54) is 11.3 Å². The molecule has 0 saturated carbocycles. The zero-order valence-corrected chi connectivity index (χ0v) is 9.83. The summed E-state index contributed by atoms with van der Waals surface area (Å²) in [6.45, 7) is 1.93. The van der Waals surface area contributed by atoms with Crippen molar-refractivity contribution in [3.8, 4) is 0 Å². The molecule has 0 aliphatic carbocycles. The lowest BCUT2D eigenvalue weighted by atomic mass is 10.1. The number of carbonyl (C=O) groups excluding carboxylic acids is 1. The van der Waals surface area contributed by atoms with Gasteiger partial charge < -0.3 is 0 Å². The highest BCUT2D eigenvalue weighted by Gasteiger charge is 2.08. The molecule has 0 aliphatic rings. The molecule has 16 heavy (non-hydrogen) atoms. The van der Waals surface area contributed by atoms with E-state index in [1.54, 1.807) is 6.20 Å². The van der Waals surface area contributed by atoms with E-state index in [4.69, 9.17) is 0 Å². The number of aryl methyl sites for hydroxylation is 1. The number of hydrogen-bond acceptors (Lipinski definition) is 4. The third kappa shape index (κ3) is 2.97. The van der Waals surface area contributed by atoms with Gasteiger partial charge in [-0.2, -0.15) is 0 Å². The molecule has 0 radical (unpaired) electrons. The lowest BCUT2D eigenvalue weighted by molar-refractivity contribution is -0.117. The molecule has 0 aromatic carbocycles. The number of thiazole rings is 1. The molecule has 3 nitrogen and oxygen atoms in total. The molecule has 0 aliphatic heterocycles. The van der Waals surface area contributed by atoms with Gasteiger partial charge in [-0.15, -0.1) is 11.3 Å². The van der Waals surface area contributed by atoms with Crippen LogP contribution in [0.5, 0.6) is 0 Å². The van der Waals surface area contributed by atoms with Crippen molar-refractivity contribution in [3.63, 3.8) is 0 Å². The summed E-state index contributed by atoms with van der Waals surface area (Å²) in [6.07, 6.45) is 2.50. The Morgan fingerprint density at radius 3 is 2.88 bits per heavy atom. The van der Waals surface area contributed by atoms with Gasteiger partial charge in [-0.3, -0.25) is 9.78 Å². The van der Waals surface area contributed by atoms with Gasteiger partial charge in [0.1, 0.15) is 10.8 Å². The number of nitrogens with zero attached hydrogens (tertiary/aromatic N) is 2. The number of Topliss-reactive ketones (excluding diaryl/α,β-unsaturated/α-hetero) is 1. The largest absolute Gasteiger partial charge is 0.299 e. The van der Waals surface area contributed by atoms with Gasteiger partial charge in [0, 0.05) is 29.4 Å². The number of ketones is 1. The van der Waals surface area contributed by atoms with Crippen LogP contribution in [0.15, 0.2) is 29.8 Å². The monoisotopic (exact) mass is 232 g/mol. The summed E-state index contributed by atoms with van der Waals surface area (Å²) in [5.41, 5.74) is 1.80. The molecule has 82 valence electrons. The van der Waals surface area contributed by atoms with Crippen LogP contribution in [-0.2, 0) is 17.6 Å². The first-order valence-corrected chi connectivity index (χ1v) is 5.94. The van der Waals surface area contributed by atoms with Crippen LogP contribution in [-0.4, -0.2) is 15.8 Å². The summed E-state index contributed by atoms with van der Waals surface area (Å²) >= 11 is 1.54. The predicted molar refractivity (Wildman–Crippen MR) is 63.5 cm³/mol. The normalized spacial score (nSPS) is 10.3. The lowest BCUT2D eigenvalue weighted by Gasteiger charge is -1.97. The van der Waals surface area contributed by atoms with Crippen molar-refractivity contribution < 1.29 is 4.79 Å². The summed E-state index contributed by atoms with van der Waals surface area (Å²) < 4.78 is 0. The van der Waals surface area contributed by atoms with Crippen molar-refractivity contribution >= 4 is 17.1 Å². The van der Waals surface area contributed by atoms with Gasteiger partial charge in [0.15, 0.2) is 0 Å². The van der Waals surface area contributed by atoms with Gasteiger partial charge >= 0.3 is 0 Å². The molecule has 2 rings (SSSR count). The van der Waals surface area contributed by atoms with E-state index in [9.17, 15) is 4.79 Å². The van der Waals surface area contributed by atoms with Gasteiger partial charge in [0.05, 0.1) is 6.42 Å². The zero-order valence-electron chi connectivity index (χ0n) is 9.01. The van der Waals surface area contributed by atoms with E-state index in [1.807, 2.05) is 30.5 Å². The van der Waals surface area contributed by atoms with Gasteiger partial charge in [-0.25, -0.2) is 4.98 Å². The summed E-state index contributed by atoms with van der Waals surface area (Å²) in [4.78, 5) is 20.1. The number of aromatic nitrogens is 2. The molecular formula is C12H12N2OS. The second-order valence-electron chi connectivity index (χ2n) is 3.60. The average molecular weight is 232 g/mol. The SMILES string of the molecule is Cc1csc(CC(=O)Cc2ccccn2)n1. The van der Waals surface area contributed by atoms with Gasteiger partial charge in [0.25, 0.3) is 0 Å². The summed E-state index contributed by atoms with van der Waals surface area (Å²) in [5, 5.41) is 2.85. The Balaban J connectivity index is 1.95. The highest BCUT2D eigenvalue weighted by Crippen LogP contribution is 2.10. The number of hydrogen-bond donors (Lipinski definition) is 0. The topological polar surface area (TPSA) is 42.9 Å². The first-order valence-electron chi connectivity index (χ1n) is 5.06. The lowest BCUT2D eigenvalue weighted by Crippen LogP contribution is -2.07. The van der Waals surface area contributed by atoms with Crippen molar-refractivity contribution in [2.75, 3.05) is 0 Å². The van der Waals surface area contributed by atoms with E-state index in [0.29, 0.717) is 12.8 Å². The van der Waals surface area contributed by atoms with Crippen LogP contribution in [0.1, 0.15) is 16.4 Å². The number of rotatable bonds is 4. The smallest absolute Gasteiger partial charge is 0.145 e. The van der Waals surface area contributed by atoms with E-state index >= 15 is 0 Å². The van der Waals surface area contributed by atoms with E-state index in [2.05, 4.69) is 9.97 Å². The molecule has 2 aromatic rings. The fourth-order valence-corrected chi connectivity index (χ4v) is 2.22. The third-order valence-corrected chi connectivity index (χ3v) is 3.09. The van der Waals surface area contributed by atoms with Crippen molar-refractivity contribution in [3.05, 3.63) is 46.2 Å². The molecule has 0 N–H and O–H groups in total. The molecule has 0 bridgehead atoms. The van der Waals surface area contributed by atoms with Gasteiger partial charge in [-0.05, 0) is 19.1 Å². The highest BCUT2D eigenvalue weighted by atomic mass is 32.1. The third-order valence-electron chi connectivity index (χ3n) is 2.12. The van der Waals surface area contributed by atoms with Crippen molar-refractivity contribution in [2.24, 2.45) is 0 Å². The van der Waals surface area contributed by atoms with Gasteiger partial charge in [0.2, 0.25) is 0 Å². The summed E-state index contributed by atoms with van der Waals surface area (Å²) in [6, 6.07) is 5.60. The summed E-state index contributed by atoms with van der Waals surface area (Å²) in [5.74, 6) is 0.160. The Morgan fingerprint density at radius 1 is 1.38 bits per heavy atom. The van der Waals surface area contributed by atoms with E-state index < -0.39 is 0 Å². The van der Waals surface area contributed by atoms with Crippen LogP contribution in [0.2, 0.25) is 0 Å². The predicted octanol–water partition coefficient (Wildman–Crippen LogP) is 2.20. The molecule has 0 fully saturated rings. The minimum absolute atomic E-state index is 0.160. The molecule has 0 atom stereocenters. The van der Waals surface area contributed by atoms with Crippen molar-refractivity contribution in [2.45, 2.75) is 19.8 Å². The molecule has 0 spiro atoms. The fourth-order valence-electron chi connectivity index (χ4n) is 1.42. The molecule has 4 heteroatoms. The number of pyridine rings is 1. The van der Waals surface area contributed by atoms with Gasteiger partial charge in [-0.1, -0.05) is 6.07 Å². The highest BCUT2D eigenvalue weighted by molar-refractivity contribution is 7.09. The maximum absolute atomic E-state index is 11.7. The minimum atomic E-state index is 0.160. The van der Waals surface area contributed by atoms with Crippen LogP contribution in [0.25, 0.3) is 0 Å². The van der Waals surface area contributed by atoms with E-state index in [0.717, 1.165) is 16.4 Å². The fraction of sp³-hybridized carbons (Fsp3) is 0.250. The van der Waals surface area contributed by atoms with Crippen LogP contribution in [0, 0.1) is 6.92 Å². The molecular weight excluding hydrogens is 220 g/mol. The number of carbonyl (C=O) groups is 1. The Hall–Kier alpha value is -1.55. The molecule has 2 aromatic heterocycles.